The molecule has 0 bridgehead atoms. The maximum atomic E-state index is 12.6. The van der Waals surface area contributed by atoms with E-state index in [1.165, 1.54) is 109 Å². The van der Waals surface area contributed by atoms with Crippen molar-refractivity contribution in [2.75, 3.05) is 33.0 Å². The monoisotopic (exact) mass is 808 g/mol. The SMILES string of the molecule is CC/C=C\C/C=C\C/C=C\CCCCCC(=O)OC(COCCCCCCCCCCCCCC/C=C\C/C=C\CCCCCCC)COP(=O)(O)OCCN. The van der Waals surface area contributed by atoms with Crippen LogP contribution in [0.5, 0.6) is 0 Å². The van der Waals surface area contributed by atoms with Crippen LogP contribution in [0.1, 0.15) is 194 Å². The topological polar surface area (TPSA) is 117 Å². The number of hydrogen-bond acceptors (Lipinski definition) is 7. The van der Waals surface area contributed by atoms with E-state index >= 15 is 0 Å². The van der Waals surface area contributed by atoms with Gasteiger partial charge in [0.2, 0.25) is 0 Å². The Bertz CT molecular complexity index is 1040. The lowest BCUT2D eigenvalue weighted by molar-refractivity contribution is -0.154. The first-order chi connectivity index (χ1) is 27.4. The summed E-state index contributed by atoms with van der Waals surface area (Å²) in [5.74, 6) is -0.360. The molecule has 0 saturated heterocycles. The van der Waals surface area contributed by atoms with E-state index in [0.717, 1.165) is 64.2 Å². The van der Waals surface area contributed by atoms with Crippen molar-refractivity contribution in [3.8, 4) is 0 Å². The van der Waals surface area contributed by atoms with Gasteiger partial charge in [-0.2, -0.15) is 0 Å². The Morgan fingerprint density at radius 3 is 1.50 bits per heavy atom. The number of ether oxygens (including phenoxy) is 2. The van der Waals surface area contributed by atoms with E-state index < -0.39 is 13.9 Å². The molecule has 0 amide bonds. The van der Waals surface area contributed by atoms with Gasteiger partial charge in [0, 0.05) is 19.6 Å². The van der Waals surface area contributed by atoms with Crippen LogP contribution in [0.4, 0.5) is 0 Å². The van der Waals surface area contributed by atoms with Crippen molar-refractivity contribution in [3.63, 3.8) is 0 Å². The average Bonchev–Trinajstić information content (AvgIpc) is 3.19. The van der Waals surface area contributed by atoms with Gasteiger partial charge in [0.1, 0.15) is 6.10 Å². The molecular weight excluding hydrogens is 721 g/mol. The van der Waals surface area contributed by atoms with Crippen molar-refractivity contribution in [2.24, 2.45) is 5.73 Å². The molecule has 0 saturated carbocycles. The highest BCUT2D eigenvalue weighted by atomic mass is 31.2. The largest absolute Gasteiger partial charge is 0.472 e. The lowest BCUT2D eigenvalue weighted by atomic mass is 10.0. The Balaban J connectivity index is 3.96. The summed E-state index contributed by atoms with van der Waals surface area (Å²) in [6.45, 7) is 4.75. The molecular formula is C47H86NO7P. The number of carbonyl (C=O) groups excluding carboxylic acids is 1. The zero-order valence-corrected chi connectivity index (χ0v) is 37.0. The summed E-state index contributed by atoms with van der Waals surface area (Å²) in [4.78, 5) is 22.4. The first-order valence-corrected chi connectivity index (χ1v) is 24.3. The molecule has 0 aliphatic carbocycles. The molecule has 9 heteroatoms. The molecule has 0 aromatic heterocycles. The quantitative estimate of drug-likeness (QED) is 0.0271. The predicted molar refractivity (Wildman–Crippen MR) is 238 cm³/mol. The van der Waals surface area contributed by atoms with Crippen molar-refractivity contribution in [2.45, 2.75) is 200 Å². The first-order valence-electron chi connectivity index (χ1n) is 22.8. The van der Waals surface area contributed by atoms with Crippen molar-refractivity contribution in [1.29, 1.82) is 0 Å². The van der Waals surface area contributed by atoms with E-state index in [-0.39, 0.29) is 38.8 Å². The third kappa shape index (κ3) is 43.3. The highest BCUT2D eigenvalue weighted by Crippen LogP contribution is 2.43. The number of phosphoric ester groups is 1. The Kier molecular flexibility index (Phi) is 42.9. The van der Waals surface area contributed by atoms with Gasteiger partial charge < -0.3 is 20.1 Å². The Hall–Kier alpha value is -1.80. The smallest absolute Gasteiger partial charge is 0.457 e. The predicted octanol–water partition coefficient (Wildman–Crippen LogP) is 13.8. The van der Waals surface area contributed by atoms with Gasteiger partial charge >= 0.3 is 13.8 Å². The van der Waals surface area contributed by atoms with Gasteiger partial charge in [-0.05, 0) is 77.0 Å². The summed E-state index contributed by atoms with van der Waals surface area (Å²) < 4.78 is 33.4. The fourth-order valence-electron chi connectivity index (χ4n) is 6.10. The van der Waals surface area contributed by atoms with E-state index in [1.807, 2.05) is 0 Å². The molecule has 326 valence electrons. The number of nitrogens with two attached hydrogens (primary N) is 1. The number of allylic oxidation sites excluding steroid dienone is 10. The third-order valence-corrected chi connectivity index (χ3v) is 10.4. The van der Waals surface area contributed by atoms with Gasteiger partial charge in [0.25, 0.3) is 0 Å². The fraction of sp³-hybridized carbons (Fsp3) is 0.766. The van der Waals surface area contributed by atoms with Crippen molar-refractivity contribution in [3.05, 3.63) is 60.8 Å². The molecule has 0 spiro atoms. The van der Waals surface area contributed by atoms with Crippen LogP contribution in [0, 0.1) is 0 Å². The zero-order chi connectivity index (χ0) is 40.9. The van der Waals surface area contributed by atoms with Gasteiger partial charge in [-0.1, -0.05) is 171 Å². The first kappa shape index (κ1) is 54.2. The Morgan fingerprint density at radius 1 is 0.554 bits per heavy atom. The molecule has 0 fully saturated rings. The summed E-state index contributed by atoms with van der Waals surface area (Å²) in [5, 5.41) is 0. The number of rotatable bonds is 43. The highest BCUT2D eigenvalue weighted by molar-refractivity contribution is 7.47. The van der Waals surface area contributed by atoms with Crippen LogP contribution in [-0.4, -0.2) is 49.9 Å². The van der Waals surface area contributed by atoms with Crippen LogP contribution in [0.3, 0.4) is 0 Å². The molecule has 0 aromatic rings. The Labute approximate surface area is 344 Å². The summed E-state index contributed by atoms with van der Waals surface area (Å²) in [6.07, 6.45) is 54.0. The summed E-state index contributed by atoms with van der Waals surface area (Å²) in [5.41, 5.74) is 5.37. The van der Waals surface area contributed by atoms with Crippen LogP contribution in [0.2, 0.25) is 0 Å². The van der Waals surface area contributed by atoms with Crippen LogP contribution in [-0.2, 0) is 27.9 Å². The van der Waals surface area contributed by atoms with Gasteiger partial charge in [0.05, 0.1) is 19.8 Å². The van der Waals surface area contributed by atoms with E-state index in [9.17, 15) is 14.3 Å². The molecule has 2 unspecified atom stereocenters. The summed E-state index contributed by atoms with van der Waals surface area (Å²) >= 11 is 0. The van der Waals surface area contributed by atoms with Crippen molar-refractivity contribution < 1.29 is 32.8 Å². The van der Waals surface area contributed by atoms with Gasteiger partial charge in [-0.3, -0.25) is 13.8 Å². The molecule has 8 nitrogen and oxygen atoms in total. The average molecular weight is 808 g/mol. The number of hydrogen-bond donors (Lipinski definition) is 2. The molecule has 56 heavy (non-hydrogen) atoms. The minimum atomic E-state index is -4.29. The van der Waals surface area contributed by atoms with E-state index in [1.54, 1.807) is 0 Å². The molecule has 2 atom stereocenters. The minimum Gasteiger partial charge on any atom is -0.457 e. The van der Waals surface area contributed by atoms with Gasteiger partial charge in [0.15, 0.2) is 0 Å². The number of carbonyl (C=O) groups is 1. The Morgan fingerprint density at radius 2 is 1.00 bits per heavy atom. The molecule has 0 heterocycles. The van der Waals surface area contributed by atoms with E-state index in [4.69, 9.17) is 24.3 Å². The molecule has 0 aromatic carbocycles. The van der Waals surface area contributed by atoms with Crippen molar-refractivity contribution in [1.82, 2.24) is 0 Å². The third-order valence-electron chi connectivity index (χ3n) is 9.42. The molecule has 0 aliphatic rings. The van der Waals surface area contributed by atoms with Crippen LogP contribution < -0.4 is 5.73 Å². The van der Waals surface area contributed by atoms with E-state index in [2.05, 4.69) is 74.6 Å². The second-order valence-corrected chi connectivity index (χ2v) is 16.3. The lowest BCUT2D eigenvalue weighted by Crippen LogP contribution is -2.28. The second-order valence-electron chi connectivity index (χ2n) is 14.9. The van der Waals surface area contributed by atoms with Gasteiger partial charge in [-0.25, -0.2) is 4.57 Å². The fourth-order valence-corrected chi connectivity index (χ4v) is 6.87. The maximum absolute atomic E-state index is 12.6. The molecule has 0 radical (unpaired) electrons. The van der Waals surface area contributed by atoms with Gasteiger partial charge in [-0.15, -0.1) is 0 Å². The van der Waals surface area contributed by atoms with Crippen LogP contribution in [0.15, 0.2) is 60.8 Å². The highest BCUT2D eigenvalue weighted by Gasteiger charge is 2.25. The number of esters is 1. The molecule has 0 aliphatic heterocycles. The normalized spacial score (nSPS) is 14.0. The number of unbranched alkanes of at least 4 members (excludes halogenated alkanes) is 20. The van der Waals surface area contributed by atoms with Crippen LogP contribution in [0.25, 0.3) is 0 Å². The molecule has 3 N–H and O–H groups in total. The van der Waals surface area contributed by atoms with Crippen LogP contribution >= 0.6 is 7.82 Å². The molecule has 0 rings (SSSR count). The zero-order valence-electron chi connectivity index (χ0n) is 36.1. The lowest BCUT2D eigenvalue weighted by Gasteiger charge is -2.20. The minimum absolute atomic E-state index is 0.0930. The second kappa shape index (κ2) is 44.3. The van der Waals surface area contributed by atoms with E-state index in [0.29, 0.717) is 6.61 Å². The summed E-state index contributed by atoms with van der Waals surface area (Å²) in [6, 6.07) is 0. The number of phosphoric acid groups is 1. The van der Waals surface area contributed by atoms with Crippen molar-refractivity contribution >= 4 is 13.8 Å². The standard InChI is InChI=1S/C47H86NO7P/c1-3-5-7-9-11-13-15-17-18-19-20-21-22-23-24-25-26-27-29-31-33-35-37-39-42-52-44-46(45-54-56(50,51)53-43-41-48)55-47(49)40-38-36-34-32-30-28-16-14-12-10-8-6-4-2/h6,8,12,14-15,17,19-20,28,30,46H,3-5,7,9-11,13,16,18,21-27,29,31-45,48H2,1-2H3,(H,50,51)/b8-6-,14-12-,17-15-,20-19-,30-28-. The summed E-state index contributed by atoms with van der Waals surface area (Å²) in [7, 11) is -4.29. The maximum Gasteiger partial charge on any atom is 0.472 e.